The lowest BCUT2D eigenvalue weighted by atomic mass is 10.6. The number of aliphatic imine (C=N–C) groups is 1. The number of hydrogen-bond donors (Lipinski definition) is 0. The molecule has 0 rings (SSSR count). The highest BCUT2D eigenvalue weighted by Crippen LogP contribution is 2.01. The Bertz CT molecular complexity index is 209. The van der Waals surface area contributed by atoms with E-state index in [9.17, 15) is 4.79 Å². The largest absolute Gasteiger partial charge is 0.353 e. The minimum Gasteiger partial charge on any atom is -0.353 e. The van der Waals surface area contributed by atoms with E-state index < -0.39 is 0 Å². The van der Waals surface area contributed by atoms with Crippen LogP contribution in [0.15, 0.2) is 16.8 Å². The zero-order chi connectivity index (χ0) is 11.4. The van der Waals surface area contributed by atoms with Crippen molar-refractivity contribution in [2.24, 2.45) is 4.99 Å². The Kier molecular flexibility index (Phi) is 10.8. The molecule has 4 nitrogen and oxygen atoms in total. The van der Waals surface area contributed by atoms with Gasteiger partial charge in [0.25, 0.3) is 0 Å². The summed E-state index contributed by atoms with van der Waals surface area (Å²) in [7, 11) is 0.623. The van der Waals surface area contributed by atoms with Crippen LogP contribution < -0.4 is 0 Å². The molecule has 0 aliphatic rings. The SMILES string of the molecule is CCOC(C[Si]C=CCN=C=O)OCC. The first kappa shape index (κ1) is 14.3. The number of carbonyl (C=O) groups excluding carboxylic acids is 1. The fraction of sp³-hybridized carbons (Fsp3) is 0.700. The van der Waals surface area contributed by atoms with E-state index in [0.717, 1.165) is 6.04 Å². The van der Waals surface area contributed by atoms with Gasteiger partial charge in [-0.1, -0.05) is 6.08 Å². The smallest absolute Gasteiger partial charge is 0.235 e. The van der Waals surface area contributed by atoms with Crippen LogP contribution in [0.3, 0.4) is 0 Å². The van der Waals surface area contributed by atoms with E-state index in [1.54, 1.807) is 0 Å². The highest BCUT2D eigenvalue weighted by atomic mass is 28.2. The average Bonchev–Trinajstić information content (AvgIpc) is 2.24. The zero-order valence-corrected chi connectivity index (χ0v) is 10.2. The molecule has 5 heteroatoms. The molecule has 0 atom stereocenters. The van der Waals surface area contributed by atoms with Gasteiger partial charge in [-0.05, 0) is 19.9 Å². The first-order valence-electron chi connectivity index (χ1n) is 5.00. The van der Waals surface area contributed by atoms with Crippen molar-refractivity contribution in [2.45, 2.75) is 26.2 Å². The van der Waals surface area contributed by atoms with E-state index in [1.807, 2.05) is 25.6 Å². The lowest BCUT2D eigenvalue weighted by Crippen LogP contribution is -2.18. The van der Waals surface area contributed by atoms with E-state index in [4.69, 9.17) is 9.47 Å². The summed E-state index contributed by atoms with van der Waals surface area (Å²) in [6, 6.07) is 0.850. The molecular formula is C10H17NO3Si. The van der Waals surface area contributed by atoms with Crippen LogP contribution in [0.25, 0.3) is 0 Å². The molecule has 0 amide bonds. The molecule has 0 saturated carbocycles. The summed E-state index contributed by atoms with van der Waals surface area (Å²) in [5.74, 6) is 0. The predicted molar refractivity (Wildman–Crippen MR) is 59.7 cm³/mol. The Morgan fingerprint density at radius 3 is 2.60 bits per heavy atom. The Balaban J connectivity index is 3.59. The van der Waals surface area contributed by atoms with Crippen LogP contribution in [0, 0.1) is 0 Å². The zero-order valence-electron chi connectivity index (χ0n) is 9.23. The second kappa shape index (κ2) is 11.3. The molecule has 0 saturated heterocycles. The molecule has 84 valence electrons. The molecule has 0 aromatic rings. The number of hydrogen-bond acceptors (Lipinski definition) is 4. The van der Waals surface area contributed by atoms with Crippen molar-refractivity contribution in [3.63, 3.8) is 0 Å². The fourth-order valence-electron chi connectivity index (χ4n) is 0.928. The van der Waals surface area contributed by atoms with Crippen LogP contribution in [0.1, 0.15) is 13.8 Å². The lowest BCUT2D eigenvalue weighted by Gasteiger charge is -2.15. The van der Waals surface area contributed by atoms with Crippen molar-refractivity contribution in [1.82, 2.24) is 0 Å². The molecule has 0 unspecified atom stereocenters. The van der Waals surface area contributed by atoms with Crippen molar-refractivity contribution < 1.29 is 14.3 Å². The van der Waals surface area contributed by atoms with Crippen molar-refractivity contribution in [3.8, 4) is 0 Å². The molecule has 0 N–H and O–H groups in total. The second-order valence-electron chi connectivity index (χ2n) is 2.58. The molecule has 2 radical (unpaired) electrons. The Labute approximate surface area is 93.2 Å². The molecule has 0 aromatic heterocycles. The third-order valence-corrected chi connectivity index (χ3v) is 2.53. The summed E-state index contributed by atoms with van der Waals surface area (Å²) < 4.78 is 10.8. The molecule has 0 fully saturated rings. The van der Waals surface area contributed by atoms with Crippen molar-refractivity contribution in [1.29, 1.82) is 0 Å². The summed E-state index contributed by atoms with van der Waals surface area (Å²) in [5, 5.41) is 0. The molecule has 0 bridgehead atoms. The van der Waals surface area contributed by atoms with Crippen molar-refractivity contribution in [2.75, 3.05) is 19.8 Å². The van der Waals surface area contributed by atoms with Gasteiger partial charge in [0.2, 0.25) is 6.08 Å². The third-order valence-electron chi connectivity index (χ3n) is 1.49. The number of rotatable bonds is 9. The molecule has 0 spiro atoms. The number of isocyanates is 1. The van der Waals surface area contributed by atoms with E-state index in [0.29, 0.717) is 29.3 Å². The second-order valence-corrected chi connectivity index (χ2v) is 3.73. The first-order valence-corrected chi connectivity index (χ1v) is 6.28. The molecule has 0 heterocycles. The normalized spacial score (nSPS) is 10.9. The topological polar surface area (TPSA) is 47.9 Å². The Morgan fingerprint density at radius 1 is 1.40 bits per heavy atom. The van der Waals surface area contributed by atoms with Gasteiger partial charge < -0.3 is 9.47 Å². The minimum absolute atomic E-state index is 0.113. The number of nitrogens with zero attached hydrogens (tertiary/aromatic N) is 1. The van der Waals surface area contributed by atoms with Gasteiger partial charge in [0.05, 0.1) is 16.1 Å². The van der Waals surface area contributed by atoms with Crippen LogP contribution in [0.2, 0.25) is 6.04 Å². The van der Waals surface area contributed by atoms with Gasteiger partial charge in [-0.2, -0.15) is 0 Å². The van der Waals surface area contributed by atoms with Gasteiger partial charge >= 0.3 is 0 Å². The van der Waals surface area contributed by atoms with E-state index in [1.165, 1.54) is 6.08 Å². The third kappa shape index (κ3) is 9.56. The summed E-state index contributed by atoms with van der Waals surface area (Å²) in [6.07, 6.45) is 3.22. The van der Waals surface area contributed by atoms with E-state index >= 15 is 0 Å². The summed E-state index contributed by atoms with van der Waals surface area (Å²) in [4.78, 5) is 13.2. The van der Waals surface area contributed by atoms with Gasteiger partial charge in [-0.15, -0.1) is 5.70 Å². The first-order chi connectivity index (χ1) is 7.35. The highest BCUT2D eigenvalue weighted by Gasteiger charge is 2.05. The van der Waals surface area contributed by atoms with Gasteiger partial charge in [-0.25, -0.2) is 9.79 Å². The van der Waals surface area contributed by atoms with Gasteiger partial charge in [-0.3, -0.25) is 0 Å². The van der Waals surface area contributed by atoms with Crippen LogP contribution in [0.4, 0.5) is 0 Å². The quantitative estimate of drug-likeness (QED) is 0.258. The maximum atomic E-state index is 9.75. The van der Waals surface area contributed by atoms with Gasteiger partial charge in [0, 0.05) is 13.2 Å². The van der Waals surface area contributed by atoms with E-state index in [2.05, 4.69) is 4.99 Å². The summed E-state index contributed by atoms with van der Waals surface area (Å²) >= 11 is 0. The number of ether oxygens (including phenoxy) is 2. The maximum absolute atomic E-state index is 9.75. The molecule has 0 aromatic carbocycles. The van der Waals surface area contributed by atoms with Crippen molar-refractivity contribution in [3.05, 3.63) is 11.8 Å². The Hall–Kier alpha value is -0.743. The standard InChI is InChI=1S/C10H17NO3Si/c1-3-13-10(14-4-2)8-15-7-5-6-11-9-12/h5,7,10H,3-4,6,8H2,1-2H3. The van der Waals surface area contributed by atoms with Crippen LogP contribution in [0.5, 0.6) is 0 Å². The van der Waals surface area contributed by atoms with Crippen LogP contribution >= 0.6 is 0 Å². The summed E-state index contributed by atoms with van der Waals surface area (Å²) in [5.41, 5.74) is 1.99. The van der Waals surface area contributed by atoms with Gasteiger partial charge in [0.1, 0.15) is 0 Å². The summed E-state index contributed by atoms with van der Waals surface area (Å²) in [6.45, 7) is 5.63. The van der Waals surface area contributed by atoms with Crippen LogP contribution in [-0.4, -0.2) is 41.6 Å². The fourth-order valence-corrected chi connectivity index (χ4v) is 1.76. The molecule has 0 aliphatic carbocycles. The van der Waals surface area contributed by atoms with Gasteiger partial charge in [0.15, 0.2) is 6.29 Å². The monoisotopic (exact) mass is 227 g/mol. The van der Waals surface area contributed by atoms with Crippen LogP contribution in [-0.2, 0) is 14.3 Å². The van der Waals surface area contributed by atoms with Crippen molar-refractivity contribution >= 4 is 15.6 Å². The highest BCUT2D eigenvalue weighted by molar-refractivity contribution is 6.42. The predicted octanol–water partition coefficient (Wildman–Crippen LogP) is 1.36. The molecule has 0 aliphatic heterocycles. The molecular weight excluding hydrogens is 210 g/mol. The average molecular weight is 227 g/mol. The molecule has 15 heavy (non-hydrogen) atoms. The minimum atomic E-state index is -0.113. The maximum Gasteiger partial charge on any atom is 0.235 e. The van der Waals surface area contributed by atoms with E-state index in [-0.39, 0.29) is 6.29 Å². The lowest BCUT2D eigenvalue weighted by molar-refractivity contribution is -0.122. The Morgan fingerprint density at radius 2 is 2.07 bits per heavy atom.